The molecule has 0 fully saturated rings. The Labute approximate surface area is 161 Å². The Morgan fingerprint density at radius 2 is 1.47 bits per heavy atom. The minimum absolute atomic E-state index is 0. The van der Waals surface area contributed by atoms with Crippen LogP contribution < -0.4 is 70.2 Å². The number of benzene rings is 1. The van der Waals surface area contributed by atoms with E-state index in [-0.39, 0.29) is 86.5 Å². The van der Waals surface area contributed by atoms with Gasteiger partial charge in [-0.1, -0.05) is 47.0 Å². The van der Waals surface area contributed by atoms with Gasteiger partial charge in [0.1, 0.15) is 0 Å². The van der Waals surface area contributed by atoms with Crippen molar-refractivity contribution in [1.29, 1.82) is 0 Å². The van der Waals surface area contributed by atoms with Crippen LogP contribution in [0.3, 0.4) is 0 Å². The topological polar surface area (TPSA) is 0 Å². The number of rotatable bonds is 0. The minimum atomic E-state index is 0. The van der Waals surface area contributed by atoms with E-state index in [1.54, 1.807) is 0 Å². The van der Waals surface area contributed by atoms with Gasteiger partial charge in [0.2, 0.25) is 0 Å². The van der Waals surface area contributed by atoms with Gasteiger partial charge < -0.3 is 18.2 Å². The first-order valence-electron chi connectivity index (χ1n) is 5.65. The van der Waals surface area contributed by atoms with Crippen LogP contribution in [0.2, 0.25) is 0 Å². The summed E-state index contributed by atoms with van der Waals surface area (Å²) in [5.41, 5.74) is 3.41. The molecule has 0 radical (unpaired) electrons. The number of fused-ring (bicyclic) bond motifs is 1. The standard InChI is InChI=1S/C15H20.K.Li/c1-13(2)11-9-7-8-10-12(11)14(3,4)15(13,5)6;;/h7,10H,1-6H3;;/q-2;2*+1. The van der Waals surface area contributed by atoms with Crippen LogP contribution in [0.5, 0.6) is 0 Å². The summed E-state index contributed by atoms with van der Waals surface area (Å²) < 4.78 is 0. The van der Waals surface area contributed by atoms with Crippen molar-refractivity contribution >= 4 is 0 Å². The average Bonchev–Trinajstić information content (AvgIpc) is 2.26. The molecule has 0 atom stereocenters. The SMILES string of the molecule is CC1(C)c2[c-]c[c-]cc2C(C)(C)C1(C)C.[K+].[Li+]. The summed E-state index contributed by atoms with van der Waals surface area (Å²) in [6.07, 6.45) is 0. The maximum atomic E-state index is 3.39. The molecule has 0 spiro atoms. The van der Waals surface area contributed by atoms with Crippen LogP contribution in [-0.2, 0) is 10.8 Å². The Balaban J connectivity index is 0.00000128. The van der Waals surface area contributed by atoms with Gasteiger partial charge in [-0.15, -0.1) is 0 Å². The molecule has 0 nitrogen and oxygen atoms in total. The summed E-state index contributed by atoms with van der Waals surface area (Å²) in [4.78, 5) is 0. The van der Waals surface area contributed by atoms with Gasteiger partial charge in [0.15, 0.2) is 0 Å². The monoisotopic (exact) mass is 246 g/mol. The second-order valence-electron chi connectivity index (χ2n) is 6.26. The zero-order valence-electron chi connectivity index (χ0n) is 12.7. The van der Waals surface area contributed by atoms with Gasteiger partial charge in [0.05, 0.1) is 0 Å². The Kier molecular flexibility index (Phi) is 5.91. The van der Waals surface area contributed by atoms with E-state index in [9.17, 15) is 0 Å². The molecule has 0 saturated heterocycles. The van der Waals surface area contributed by atoms with Crippen molar-refractivity contribution in [3.8, 4) is 0 Å². The van der Waals surface area contributed by atoms with E-state index in [4.69, 9.17) is 0 Å². The molecule has 2 heteroatoms. The molecule has 2 rings (SSSR count). The molecule has 17 heavy (non-hydrogen) atoms. The summed E-state index contributed by atoms with van der Waals surface area (Å²) in [6.45, 7) is 14.1. The van der Waals surface area contributed by atoms with Gasteiger partial charge >= 0.3 is 70.2 Å². The van der Waals surface area contributed by atoms with Crippen LogP contribution in [0, 0.1) is 17.5 Å². The van der Waals surface area contributed by atoms with Crippen molar-refractivity contribution in [2.45, 2.75) is 52.4 Å². The maximum Gasteiger partial charge on any atom is 1.00 e. The predicted molar refractivity (Wildman–Crippen MR) is 63.9 cm³/mol. The first-order valence-corrected chi connectivity index (χ1v) is 5.65. The van der Waals surface area contributed by atoms with Gasteiger partial charge in [-0.05, 0) is 10.8 Å². The second kappa shape index (κ2) is 5.45. The molecule has 0 unspecified atom stereocenters. The summed E-state index contributed by atoms with van der Waals surface area (Å²) in [6, 6.07) is 10.6. The van der Waals surface area contributed by atoms with Crippen LogP contribution in [-0.4, -0.2) is 0 Å². The van der Waals surface area contributed by atoms with E-state index in [1.165, 1.54) is 11.1 Å². The van der Waals surface area contributed by atoms with Gasteiger partial charge in [0.25, 0.3) is 0 Å². The molecule has 0 amide bonds. The fraction of sp³-hybridized carbons (Fsp3) is 0.600. The second-order valence-corrected chi connectivity index (χ2v) is 6.26. The molecule has 0 N–H and O–H groups in total. The predicted octanol–water partition coefficient (Wildman–Crippen LogP) is -2.11. The third-order valence-electron chi connectivity index (χ3n) is 5.22. The average molecular weight is 246 g/mol. The van der Waals surface area contributed by atoms with E-state index >= 15 is 0 Å². The van der Waals surface area contributed by atoms with Crippen LogP contribution in [0.15, 0.2) is 12.1 Å². The van der Waals surface area contributed by atoms with Crippen LogP contribution in [0.1, 0.15) is 52.7 Å². The fourth-order valence-corrected chi connectivity index (χ4v) is 2.83. The van der Waals surface area contributed by atoms with E-state index in [1.807, 2.05) is 6.07 Å². The van der Waals surface area contributed by atoms with Crippen LogP contribution in [0.25, 0.3) is 0 Å². The maximum absolute atomic E-state index is 3.39. The quantitative estimate of drug-likeness (QED) is 0.363. The Bertz CT molecular complexity index is 368. The summed E-state index contributed by atoms with van der Waals surface area (Å²) in [5, 5.41) is 0. The Morgan fingerprint density at radius 3 is 1.94 bits per heavy atom. The van der Waals surface area contributed by atoms with Crippen molar-refractivity contribution < 1.29 is 70.2 Å². The first-order chi connectivity index (χ1) is 6.73. The van der Waals surface area contributed by atoms with Gasteiger partial charge in [-0.3, -0.25) is 17.2 Å². The van der Waals surface area contributed by atoms with Gasteiger partial charge in [0, 0.05) is 0 Å². The van der Waals surface area contributed by atoms with Crippen LogP contribution in [0.4, 0.5) is 0 Å². The Hall–Kier alpha value is 1.45. The van der Waals surface area contributed by atoms with Crippen molar-refractivity contribution in [2.24, 2.45) is 5.41 Å². The molecule has 1 aromatic rings. The summed E-state index contributed by atoms with van der Waals surface area (Å²) in [7, 11) is 0. The normalized spacial score (nSPS) is 22.0. The number of hydrogen-bond acceptors (Lipinski definition) is 0. The smallest absolute Gasteiger partial charge is 0.359 e. The molecule has 0 saturated carbocycles. The molecule has 0 heterocycles. The summed E-state index contributed by atoms with van der Waals surface area (Å²) in [5.74, 6) is 0. The van der Waals surface area contributed by atoms with Gasteiger partial charge in [-0.25, -0.2) is 0 Å². The molecule has 82 valence electrons. The molecule has 1 aliphatic carbocycles. The third kappa shape index (κ3) is 2.31. The zero-order chi connectivity index (χ0) is 11.5. The molecular weight excluding hydrogens is 226 g/mol. The fourth-order valence-electron chi connectivity index (χ4n) is 2.83. The van der Waals surface area contributed by atoms with E-state index in [0.29, 0.717) is 0 Å². The minimum Gasteiger partial charge on any atom is -0.359 e. The largest absolute Gasteiger partial charge is 1.00 e. The molecule has 1 aromatic carbocycles. The molecule has 1 aliphatic rings. The van der Waals surface area contributed by atoms with E-state index in [2.05, 4.69) is 59.7 Å². The van der Waals surface area contributed by atoms with Crippen molar-refractivity contribution in [3.63, 3.8) is 0 Å². The van der Waals surface area contributed by atoms with Crippen LogP contribution >= 0.6 is 0 Å². The first kappa shape index (κ1) is 18.5. The van der Waals surface area contributed by atoms with E-state index < -0.39 is 0 Å². The van der Waals surface area contributed by atoms with Gasteiger partial charge in [-0.2, -0.15) is 0 Å². The van der Waals surface area contributed by atoms with Crippen molar-refractivity contribution in [2.75, 3.05) is 0 Å². The molecule has 0 aromatic heterocycles. The Morgan fingerprint density at radius 1 is 0.941 bits per heavy atom. The summed E-state index contributed by atoms with van der Waals surface area (Å²) >= 11 is 0. The third-order valence-corrected chi connectivity index (χ3v) is 5.22. The van der Waals surface area contributed by atoms with Crippen molar-refractivity contribution in [1.82, 2.24) is 0 Å². The van der Waals surface area contributed by atoms with Crippen molar-refractivity contribution in [3.05, 3.63) is 35.4 Å². The zero-order valence-corrected chi connectivity index (χ0v) is 15.8. The molecule has 0 bridgehead atoms. The van der Waals surface area contributed by atoms with E-state index in [0.717, 1.165) is 0 Å². The molecule has 0 aliphatic heterocycles. The molecular formula is C15H20KLi. The number of hydrogen-bond donors (Lipinski definition) is 0.